The number of benzene rings is 2. The Morgan fingerprint density at radius 2 is 2.00 bits per heavy atom. The summed E-state index contributed by atoms with van der Waals surface area (Å²) >= 11 is 3.27. The molecule has 0 bridgehead atoms. The Labute approximate surface area is 133 Å². The summed E-state index contributed by atoms with van der Waals surface area (Å²) < 4.78 is 19.9. The number of halogens is 2. The fourth-order valence-corrected chi connectivity index (χ4v) is 2.55. The van der Waals surface area contributed by atoms with Crippen molar-refractivity contribution in [3.8, 4) is 11.5 Å². The molecule has 0 saturated heterocycles. The summed E-state index contributed by atoms with van der Waals surface area (Å²) in [5.41, 5.74) is 8.24. The molecule has 21 heavy (non-hydrogen) atoms. The third-order valence-electron chi connectivity index (χ3n) is 3.29. The van der Waals surface area contributed by atoms with Gasteiger partial charge in [0.25, 0.3) is 0 Å². The molecular weight excluding hydrogens is 333 g/mol. The molecule has 4 heteroatoms. The van der Waals surface area contributed by atoms with E-state index in [0.717, 1.165) is 29.7 Å². The molecule has 0 radical (unpaired) electrons. The van der Waals surface area contributed by atoms with Crippen LogP contribution in [0.3, 0.4) is 0 Å². The van der Waals surface area contributed by atoms with Gasteiger partial charge in [0, 0.05) is 16.6 Å². The first-order chi connectivity index (χ1) is 9.97. The van der Waals surface area contributed by atoms with Crippen LogP contribution in [0.1, 0.15) is 24.5 Å². The molecule has 0 heterocycles. The van der Waals surface area contributed by atoms with Gasteiger partial charge in [-0.3, -0.25) is 0 Å². The molecular formula is C17H19BrFNO. The maximum Gasteiger partial charge on any atom is 0.131 e. The van der Waals surface area contributed by atoms with Gasteiger partial charge in [0.15, 0.2) is 0 Å². The minimum atomic E-state index is -0.335. The molecule has 2 nitrogen and oxygen atoms in total. The summed E-state index contributed by atoms with van der Waals surface area (Å²) in [6, 6.07) is 10.6. The topological polar surface area (TPSA) is 35.2 Å². The van der Waals surface area contributed by atoms with Crippen molar-refractivity contribution in [2.75, 3.05) is 0 Å². The van der Waals surface area contributed by atoms with Gasteiger partial charge in [-0.1, -0.05) is 40.5 Å². The highest BCUT2D eigenvalue weighted by Crippen LogP contribution is 2.29. The molecule has 0 aliphatic heterocycles. The van der Waals surface area contributed by atoms with Crippen LogP contribution in [0.5, 0.6) is 11.5 Å². The van der Waals surface area contributed by atoms with E-state index in [1.165, 1.54) is 12.1 Å². The van der Waals surface area contributed by atoms with Crippen LogP contribution in [-0.4, -0.2) is 6.04 Å². The highest BCUT2D eigenvalue weighted by atomic mass is 79.9. The highest BCUT2D eigenvalue weighted by molar-refractivity contribution is 9.10. The predicted octanol–water partition coefficient (Wildman–Crippen LogP) is 4.97. The van der Waals surface area contributed by atoms with E-state index in [9.17, 15) is 4.39 Å². The molecule has 0 aliphatic carbocycles. The lowest BCUT2D eigenvalue weighted by Crippen LogP contribution is -2.21. The average Bonchev–Trinajstić information content (AvgIpc) is 2.40. The second-order valence-corrected chi connectivity index (χ2v) is 6.11. The van der Waals surface area contributed by atoms with Crippen molar-refractivity contribution in [1.82, 2.24) is 0 Å². The van der Waals surface area contributed by atoms with E-state index in [1.807, 2.05) is 19.1 Å². The number of rotatable bonds is 5. The minimum absolute atomic E-state index is 0.0911. The maximum atomic E-state index is 13.4. The normalized spacial score (nSPS) is 12.2. The quantitative estimate of drug-likeness (QED) is 0.825. The van der Waals surface area contributed by atoms with Crippen LogP contribution in [0, 0.1) is 12.7 Å². The SMILES string of the molecule is CCC(N)Cc1cc(C)ccc1Oc1cc(F)cc(Br)c1. The van der Waals surface area contributed by atoms with Crippen molar-refractivity contribution in [2.24, 2.45) is 5.73 Å². The number of hydrogen-bond donors (Lipinski definition) is 1. The van der Waals surface area contributed by atoms with Crippen molar-refractivity contribution >= 4 is 15.9 Å². The van der Waals surface area contributed by atoms with E-state index in [0.29, 0.717) is 10.2 Å². The summed E-state index contributed by atoms with van der Waals surface area (Å²) in [4.78, 5) is 0. The Kier molecular flexibility index (Phi) is 5.37. The zero-order valence-electron chi connectivity index (χ0n) is 12.2. The first-order valence-corrected chi connectivity index (χ1v) is 7.76. The molecule has 2 aromatic rings. The van der Waals surface area contributed by atoms with Crippen LogP contribution in [0.4, 0.5) is 4.39 Å². The summed E-state index contributed by atoms with van der Waals surface area (Å²) in [6.45, 7) is 4.09. The average molecular weight is 352 g/mol. The lowest BCUT2D eigenvalue weighted by Gasteiger charge is -2.15. The third-order valence-corrected chi connectivity index (χ3v) is 3.74. The number of aryl methyl sites for hydroxylation is 1. The molecule has 112 valence electrons. The van der Waals surface area contributed by atoms with E-state index >= 15 is 0 Å². The maximum absolute atomic E-state index is 13.4. The molecule has 0 aliphatic rings. The van der Waals surface area contributed by atoms with Crippen LogP contribution in [0.2, 0.25) is 0 Å². The van der Waals surface area contributed by atoms with Gasteiger partial charge in [-0.2, -0.15) is 0 Å². The van der Waals surface area contributed by atoms with E-state index in [1.54, 1.807) is 6.07 Å². The molecule has 2 aromatic carbocycles. The lowest BCUT2D eigenvalue weighted by molar-refractivity contribution is 0.466. The van der Waals surface area contributed by atoms with E-state index in [2.05, 4.69) is 28.9 Å². The minimum Gasteiger partial charge on any atom is -0.457 e. The zero-order valence-corrected chi connectivity index (χ0v) is 13.8. The van der Waals surface area contributed by atoms with Crippen LogP contribution < -0.4 is 10.5 Å². The molecule has 0 amide bonds. The van der Waals surface area contributed by atoms with E-state index < -0.39 is 0 Å². The summed E-state index contributed by atoms with van der Waals surface area (Å²) in [5.74, 6) is 0.859. The molecule has 0 saturated carbocycles. The molecule has 2 rings (SSSR count). The number of nitrogens with two attached hydrogens (primary N) is 1. The van der Waals surface area contributed by atoms with Crippen molar-refractivity contribution < 1.29 is 9.13 Å². The Bertz CT molecular complexity index is 610. The first kappa shape index (κ1) is 16.0. The molecule has 1 atom stereocenters. The Morgan fingerprint density at radius 3 is 2.67 bits per heavy atom. The number of hydrogen-bond acceptors (Lipinski definition) is 2. The zero-order chi connectivity index (χ0) is 15.4. The summed E-state index contributed by atoms with van der Waals surface area (Å²) in [7, 11) is 0. The number of ether oxygens (including phenoxy) is 1. The first-order valence-electron chi connectivity index (χ1n) is 6.97. The van der Waals surface area contributed by atoms with Gasteiger partial charge in [-0.05, 0) is 43.5 Å². The van der Waals surface area contributed by atoms with Crippen LogP contribution in [0.25, 0.3) is 0 Å². The molecule has 0 spiro atoms. The van der Waals surface area contributed by atoms with Crippen molar-refractivity contribution in [2.45, 2.75) is 32.7 Å². The highest BCUT2D eigenvalue weighted by Gasteiger charge is 2.10. The summed E-state index contributed by atoms with van der Waals surface area (Å²) in [6.07, 6.45) is 1.64. The molecule has 0 fully saturated rings. The van der Waals surface area contributed by atoms with Crippen molar-refractivity contribution in [3.05, 3.63) is 57.8 Å². The lowest BCUT2D eigenvalue weighted by atomic mass is 10.0. The second-order valence-electron chi connectivity index (χ2n) is 5.19. The van der Waals surface area contributed by atoms with Crippen LogP contribution in [0.15, 0.2) is 40.9 Å². The van der Waals surface area contributed by atoms with Gasteiger partial charge in [-0.25, -0.2) is 4.39 Å². The van der Waals surface area contributed by atoms with Crippen molar-refractivity contribution in [1.29, 1.82) is 0 Å². The Balaban J connectivity index is 2.30. The summed E-state index contributed by atoms with van der Waals surface area (Å²) in [5, 5.41) is 0. The molecule has 2 N–H and O–H groups in total. The van der Waals surface area contributed by atoms with E-state index in [-0.39, 0.29) is 11.9 Å². The van der Waals surface area contributed by atoms with Crippen LogP contribution in [-0.2, 0) is 6.42 Å². The molecule has 0 aromatic heterocycles. The standard InChI is InChI=1S/C17H19BrFNO/c1-3-15(20)7-12-6-11(2)4-5-17(12)21-16-9-13(18)8-14(19)10-16/h4-6,8-10,15H,3,7,20H2,1-2H3. The van der Waals surface area contributed by atoms with Gasteiger partial charge < -0.3 is 10.5 Å². The van der Waals surface area contributed by atoms with Crippen molar-refractivity contribution in [3.63, 3.8) is 0 Å². The largest absolute Gasteiger partial charge is 0.457 e. The Morgan fingerprint density at radius 1 is 1.24 bits per heavy atom. The van der Waals surface area contributed by atoms with Gasteiger partial charge >= 0.3 is 0 Å². The monoisotopic (exact) mass is 351 g/mol. The fraction of sp³-hybridized carbons (Fsp3) is 0.294. The van der Waals surface area contributed by atoms with Gasteiger partial charge in [0.05, 0.1) is 0 Å². The van der Waals surface area contributed by atoms with Crippen LogP contribution >= 0.6 is 15.9 Å². The Hall–Kier alpha value is -1.39. The third kappa shape index (κ3) is 4.55. The van der Waals surface area contributed by atoms with Gasteiger partial charge in [0.1, 0.15) is 17.3 Å². The smallest absolute Gasteiger partial charge is 0.131 e. The van der Waals surface area contributed by atoms with E-state index in [4.69, 9.17) is 10.5 Å². The second kappa shape index (κ2) is 7.05. The van der Waals surface area contributed by atoms with Gasteiger partial charge in [0.2, 0.25) is 0 Å². The predicted molar refractivity (Wildman–Crippen MR) is 87.3 cm³/mol. The van der Waals surface area contributed by atoms with Gasteiger partial charge in [-0.15, -0.1) is 0 Å². The fourth-order valence-electron chi connectivity index (χ4n) is 2.11. The molecule has 1 unspecified atom stereocenters.